The topological polar surface area (TPSA) is 97.0 Å². The van der Waals surface area contributed by atoms with Crippen molar-refractivity contribution in [3.05, 3.63) is 58.2 Å². The molecule has 0 aromatic heterocycles. The zero-order valence-corrected chi connectivity index (χ0v) is 20.4. The molecule has 1 heterocycles. The second-order valence-corrected chi connectivity index (χ2v) is 8.30. The van der Waals surface area contributed by atoms with Gasteiger partial charge in [0, 0.05) is 5.69 Å². The Bertz CT molecular complexity index is 1110. The van der Waals surface area contributed by atoms with E-state index in [0.717, 1.165) is 16.9 Å². The molecule has 9 heteroatoms. The average molecular weight is 486 g/mol. The lowest BCUT2D eigenvalue weighted by molar-refractivity contribution is -0.127. The number of hydrogen-bond donors (Lipinski definition) is 2. The van der Waals surface area contributed by atoms with Gasteiger partial charge in [-0.15, -0.1) is 0 Å². The van der Waals surface area contributed by atoms with Gasteiger partial charge in [-0.25, -0.2) is 9.69 Å². The van der Waals surface area contributed by atoms with Gasteiger partial charge >= 0.3 is 6.03 Å². The third-order valence-corrected chi connectivity index (χ3v) is 5.42. The fourth-order valence-corrected chi connectivity index (χ4v) is 3.46. The summed E-state index contributed by atoms with van der Waals surface area (Å²) in [6, 6.07) is 9.84. The van der Waals surface area contributed by atoms with Crippen molar-refractivity contribution in [1.82, 2.24) is 10.2 Å². The van der Waals surface area contributed by atoms with Gasteiger partial charge in [0.15, 0.2) is 11.5 Å². The smallest absolute Gasteiger partial charge is 0.329 e. The zero-order chi connectivity index (χ0) is 24.8. The van der Waals surface area contributed by atoms with E-state index < -0.39 is 24.4 Å². The SMILES string of the molecule is CCOc1cc(/C=C2/NC(=O)N(CC(=O)Nc3ccc(C)cc3)C2=O)cc(Cl)c1O[C@@H](C)CC. The van der Waals surface area contributed by atoms with Crippen LogP contribution in [0.4, 0.5) is 10.5 Å². The molecule has 8 nitrogen and oxygen atoms in total. The molecule has 2 aromatic rings. The number of anilines is 1. The largest absolute Gasteiger partial charge is 0.490 e. The predicted molar refractivity (Wildman–Crippen MR) is 131 cm³/mol. The predicted octanol–water partition coefficient (Wildman–Crippen LogP) is 4.76. The van der Waals surface area contributed by atoms with Gasteiger partial charge in [-0.3, -0.25) is 9.59 Å². The summed E-state index contributed by atoms with van der Waals surface area (Å²) in [5, 5.41) is 5.51. The van der Waals surface area contributed by atoms with E-state index in [-0.39, 0.29) is 11.8 Å². The first-order chi connectivity index (χ1) is 16.2. The van der Waals surface area contributed by atoms with Crippen molar-refractivity contribution in [2.75, 3.05) is 18.5 Å². The number of halogens is 1. The zero-order valence-electron chi connectivity index (χ0n) is 19.6. The molecule has 0 unspecified atom stereocenters. The molecule has 4 amide bonds. The van der Waals surface area contributed by atoms with Crippen molar-refractivity contribution in [2.45, 2.75) is 40.2 Å². The molecule has 0 radical (unpaired) electrons. The minimum Gasteiger partial charge on any atom is -0.490 e. The van der Waals surface area contributed by atoms with Crippen LogP contribution in [0.5, 0.6) is 11.5 Å². The van der Waals surface area contributed by atoms with Crippen LogP contribution in [0.3, 0.4) is 0 Å². The fourth-order valence-electron chi connectivity index (χ4n) is 3.20. The highest BCUT2D eigenvalue weighted by molar-refractivity contribution is 6.32. The van der Waals surface area contributed by atoms with Crippen LogP contribution in [0, 0.1) is 6.92 Å². The van der Waals surface area contributed by atoms with Gasteiger partial charge in [0.1, 0.15) is 12.2 Å². The molecule has 1 saturated heterocycles. The second-order valence-electron chi connectivity index (χ2n) is 7.89. The van der Waals surface area contributed by atoms with E-state index in [2.05, 4.69) is 10.6 Å². The van der Waals surface area contributed by atoms with E-state index >= 15 is 0 Å². The molecule has 0 aliphatic carbocycles. The molecular formula is C25H28ClN3O5. The highest BCUT2D eigenvalue weighted by Crippen LogP contribution is 2.38. The van der Waals surface area contributed by atoms with Crippen LogP contribution in [0.15, 0.2) is 42.1 Å². The van der Waals surface area contributed by atoms with Gasteiger partial charge in [-0.05, 0) is 63.1 Å². The first-order valence-electron chi connectivity index (χ1n) is 11.1. The summed E-state index contributed by atoms with van der Waals surface area (Å²) in [7, 11) is 0. The number of hydrogen-bond acceptors (Lipinski definition) is 5. The number of nitrogens with zero attached hydrogens (tertiary/aromatic N) is 1. The van der Waals surface area contributed by atoms with E-state index in [1.54, 1.807) is 24.3 Å². The molecule has 1 atom stereocenters. The summed E-state index contributed by atoms with van der Waals surface area (Å²) in [5.41, 5.74) is 2.20. The third-order valence-electron chi connectivity index (χ3n) is 5.14. The molecule has 34 heavy (non-hydrogen) atoms. The van der Waals surface area contributed by atoms with Crippen LogP contribution in [0.2, 0.25) is 5.02 Å². The number of carbonyl (C=O) groups excluding carboxylic acids is 3. The number of urea groups is 1. The Kier molecular flexibility index (Phi) is 8.17. The molecule has 1 fully saturated rings. The Morgan fingerprint density at radius 1 is 1.21 bits per heavy atom. The summed E-state index contributed by atoms with van der Waals surface area (Å²) < 4.78 is 11.6. The number of amides is 4. The summed E-state index contributed by atoms with van der Waals surface area (Å²) in [4.78, 5) is 38.4. The maximum Gasteiger partial charge on any atom is 0.329 e. The van der Waals surface area contributed by atoms with Crippen LogP contribution >= 0.6 is 11.6 Å². The number of imide groups is 1. The van der Waals surface area contributed by atoms with Crippen LogP contribution < -0.4 is 20.1 Å². The Balaban J connectivity index is 1.77. The van der Waals surface area contributed by atoms with Gasteiger partial charge < -0.3 is 20.1 Å². The van der Waals surface area contributed by atoms with Gasteiger partial charge in [0.25, 0.3) is 5.91 Å². The molecular weight excluding hydrogens is 458 g/mol. The highest BCUT2D eigenvalue weighted by Gasteiger charge is 2.35. The van der Waals surface area contributed by atoms with E-state index in [0.29, 0.717) is 34.4 Å². The van der Waals surface area contributed by atoms with Crippen molar-refractivity contribution in [3.63, 3.8) is 0 Å². The van der Waals surface area contributed by atoms with Crippen molar-refractivity contribution in [2.24, 2.45) is 0 Å². The standard InChI is InChI=1S/C25H28ClN3O5/c1-5-16(4)34-23-19(26)11-17(13-21(23)33-6-2)12-20-24(31)29(25(32)28-20)14-22(30)27-18-9-7-15(3)8-10-18/h7-13,16H,5-6,14H2,1-4H3,(H,27,30)(H,28,32)/b20-12+/t16-/m0/s1. The van der Waals surface area contributed by atoms with Crippen molar-refractivity contribution < 1.29 is 23.9 Å². The maximum absolute atomic E-state index is 12.8. The molecule has 0 bridgehead atoms. The number of benzene rings is 2. The normalized spacial score (nSPS) is 15.3. The average Bonchev–Trinajstić information content (AvgIpc) is 3.05. The lowest BCUT2D eigenvalue weighted by Crippen LogP contribution is -2.38. The Morgan fingerprint density at radius 2 is 1.91 bits per heavy atom. The molecule has 1 aliphatic rings. The first-order valence-corrected chi connectivity index (χ1v) is 11.4. The molecule has 180 valence electrons. The van der Waals surface area contributed by atoms with Crippen molar-refractivity contribution in [1.29, 1.82) is 0 Å². The second kappa shape index (κ2) is 11.1. The van der Waals surface area contributed by atoms with Crippen molar-refractivity contribution in [3.8, 4) is 11.5 Å². The number of carbonyl (C=O) groups is 3. The Morgan fingerprint density at radius 3 is 2.56 bits per heavy atom. The molecule has 0 saturated carbocycles. The summed E-state index contributed by atoms with van der Waals surface area (Å²) >= 11 is 6.44. The fraction of sp³-hybridized carbons (Fsp3) is 0.320. The minimum absolute atomic E-state index is 0.0299. The minimum atomic E-state index is -0.678. The Hall–Kier alpha value is -3.52. The number of ether oxygens (including phenoxy) is 2. The van der Waals surface area contributed by atoms with Crippen LogP contribution in [-0.4, -0.2) is 42.0 Å². The van der Waals surface area contributed by atoms with Gasteiger partial charge in [-0.2, -0.15) is 0 Å². The van der Waals surface area contributed by atoms with Gasteiger partial charge in [0.2, 0.25) is 5.91 Å². The summed E-state index contributed by atoms with van der Waals surface area (Å²) in [6.07, 6.45) is 2.22. The first kappa shape index (κ1) is 25.1. The van der Waals surface area contributed by atoms with Crippen LogP contribution in [0.1, 0.15) is 38.3 Å². The number of nitrogens with one attached hydrogen (secondary N) is 2. The van der Waals surface area contributed by atoms with E-state index in [9.17, 15) is 14.4 Å². The monoisotopic (exact) mass is 485 g/mol. The molecule has 1 aliphatic heterocycles. The Labute approximate surface area is 203 Å². The van der Waals surface area contributed by atoms with Crippen LogP contribution in [-0.2, 0) is 9.59 Å². The molecule has 3 rings (SSSR count). The van der Waals surface area contributed by atoms with Crippen LogP contribution in [0.25, 0.3) is 6.08 Å². The maximum atomic E-state index is 12.8. The lowest BCUT2D eigenvalue weighted by atomic mass is 10.1. The number of aryl methyl sites for hydroxylation is 1. The van der Waals surface area contributed by atoms with Gasteiger partial charge in [0.05, 0.1) is 17.7 Å². The van der Waals surface area contributed by atoms with Gasteiger partial charge in [-0.1, -0.05) is 36.2 Å². The van der Waals surface area contributed by atoms with E-state index in [1.165, 1.54) is 6.08 Å². The third kappa shape index (κ3) is 6.08. The summed E-state index contributed by atoms with van der Waals surface area (Å²) in [6.45, 7) is 7.68. The molecule has 0 spiro atoms. The molecule has 2 N–H and O–H groups in total. The van der Waals surface area contributed by atoms with Crippen molar-refractivity contribution >= 4 is 41.2 Å². The summed E-state index contributed by atoms with van der Waals surface area (Å²) in [5.74, 6) is -0.232. The lowest BCUT2D eigenvalue weighted by Gasteiger charge is -2.18. The molecule has 2 aromatic carbocycles. The highest BCUT2D eigenvalue weighted by atomic mass is 35.5. The van der Waals surface area contributed by atoms with E-state index in [1.807, 2.05) is 39.8 Å². The van der Waals surface area contributed by atoms with E-state index in [4.69, 9.17) is 21.1 Å². The number of rotatable bonds is 9. The quantitative estimate of drug-likeness (QED) is 0.394.